The van der Waals surface area contributed by atoms with Crippen LogP contribution in [0.2, 0.25) is 0 Å². The molecule has 0 aliphatic carbocycles. The molecule has 0 N–H and O–H groups in total. The van der Waals surface area contributed by atoms with Crippen LogP contribution in [0.1, 0.15) is 45.4 Å². The van der Waals surface area contributed by atoms with Crippen molar-refractivity contribution in [1.29, 1.82) is 0 Å². The number of hydrogen-bond donors (Lipinski definition) is 0. The Kier molecular flexibility index (Phi) is 8.73. The van der Waals surface area contributed by atoms with E-state index in [2.05, 4.69) is 17.7 Å². The molecule has 86 valence electrons. The van der Waals surface area contributed by atoms with Crippen LogP contribution in [0.5, 0.6) is 0 Å². The Morgan fingerprint density at radius 3 is 2.33 bits per heavy atom. The quantitative estimate of drug-likeness (QED) is 0.459. The maximum Gasteiger partial charge on any atom is 0.305 e. The number of ketones is 1. The van der Waals surface area contributed by atoms with E-state index in [0.29, 0.717) is 12.8 Å². The van der Waals surface area contributed by atoms with Crippen molar-refractivity contribution in [2.24, 2.45) is 0 Å². The minimum absolute atomic E-state index is 0.126. The standard InChI is InChI=1S/C12H20O3/c1-3-4-5-6-7-8-11(13)9-10-12(14)15-2/h5-6H,3-4,7-10H2,1-2H3/b6-5+. The first-order valence-corrected chi connectivity index (χ1v) is 5.44. The molecule has 3 nitrogen and oxygen atoms in total. The zero-order chi connectivity index (χ0) is 11.5. The SMILES string of the molecule is CCC/C=C/CCC(=O)CCC(=O)OC. The number of carbonyl (C=O) groups excluding carboxylic acids is 2. The van der Waals surface area contributed by atoms with E-state index in [9.17, 15) is 9.59 Å². The van der Waals surface area contributed by atoms with Gasteiger partial charge in [0.25, 0.3) is 0 Å². The van der Waals surface area contributed by atoms with Crippen molar-refractivity contribution in [3.63, 3.8) is 0 Å². The van der Waals surface area contributed by atoms with Gasteiger partial charge in [-0.3, -0.25) is 9.59 Å². The Morgan fingerprint density at radius 1 is 1.07 bits per heavy atom. The molecule has 0 saturated heterocycles. The molecule has 3 heteroatoms. The van der Waals surface area contributed by atoms with Gasteiger partial charge in [0, 0.05) is 12.8 Å². The average molecular weight is 212 g/mol. The third kappa shape index (κ3) is 9.19. The molecular weight excluding hydrogens is 192 g/mol. The van der Waals surface area contributed by atoms with Crippen LogP contribution in [-0.2, 0) is 14.3 Å². The zero-order valence-corrected chi connectivity index (χ0v) is 9.62. The molecular formula is C12H20O3. The highest BCUT2D eigenvalue weighted by atomic mass is 16.5. The zero-order valence-electron chi connectivity index (χ0n) is 9.62. The summed E-state index contributed by atoms with van der Waals surface area (Å²) in [6, 6.07) is 0. The summed E-state index contributed by atoms with van der Waals surface area (Å²) in [6.07, 6.45) is 8.12. The summed E-state index contributed by atoms with van der Waals surface area (Å²) >= 11 is 0. The summed E-state index contributed by atoms with van der Waals surface area (Å²) in [6.45, 7) is 2.12. The van der Waals surface area contributed by atoms with Crippen LogP contribution in [0.3, 0.4) is 0 Å². The van der Waals surface area contributed by atoms with Crippen LogP contribution >= 0.6 is 0 Å². The molecule has 0 aromatic rings. The van der Waals surface area contributed by atoms with Gasteiger partial charge in [0.2, 0.25) is 0 Å². The number of ether oxygens (including phenoxy) is 1. The Balaban J connectivity index is 3.45. The lowest BCUT2D eigenvalue weighted by Gasteiger charge is -1.98. The number of hydrogen-bond acceptors (Lipinski definition) is 3. The Bertz CT molecular complexity index is 219. The first-order valence-electron chi connectivity index (χ1n) is 5.44. The minimum atomic E-state index is -0.315. The van der Waals surface area contributed by atoms with Gasteiger partial charge in [-0.05, 0) is 12.8 Å². The van der Waals surface area contributed by atoms with E-state index in [0.717, 1.165) is 19.3 Å². The Morgan fingerprint density at radius 2 is 1.73 bits per heavy atom. The third-order valence-electron chi connectivity index (χ3n) is 2.05. The molecule has 0 bridgehead atoms. The van der Waals surface area contributed by atoms with Gasteiger partial charge in [-0.2, -0.15) is 0 Å². The fourth-order valence-electron chi connectivity index (χ4n) is 1.12. The number of allylic oxidation sites excluding steroid dienone is 2. The molecule has 0 spiro atoms. The number of Topliss-reactive ketones (excluding diaryl/α,β-unsaturated/α-hetero) is 1. The molecule has 0 radical (unpaired) electrons. The molecule has 0 aromatic heterocycles. The van der Waals surface area contributed by atoms with Gasteiger partial charge in [0.15, 0.2) is 0 Å². The molecule has 0 aliphatic heterocycles. The summed E-state index contributed by atoms with van der Waals surface area (Å²) in [5.74, 6) is -0.188. The molecule has 0 aliphatic rings. The summed E-state index contributed by atoms with van der Waals surface area (Å²) in [5, 5.41) is 0. The second-order valence-electron chi connectivity index (χ2n) is 3.41. The lowest BCUT2D eigenvalue weighted by Crippen LogP contribution is -2.05. The van der Waals surface area contributed by atoms with Gasteiger partial charge >= 0.3 is 5.97 Å². The van der Waals surface area contributed by atoms with E-state index in [-0.39, 0.29) is 18.2 Å². The number of carbonyl (C=O) groups is 2. The van der Waals surface area contributed by atoms with Crippen LogP contribution in [-0.4, -0.2) is 18.9 Å². The highest BCUT2D eigenvalue weighted by Crippen LogP contribution is 2.01. The maximum atomic E-state index is 11.3. The number of unbranched alkanes of at least 4 members (excludes halogenated alkanes) is 1. The maximum absolute atomic E-state index is 11.3. The van der Waals surface area contributed by atoms with Crippen molar-refractivity contribution >= 4 is 11.8 Å². The Labute approximate surface area is 91.5 Å². The second-order valence-corrected chi connectivity index (χ2v) is 3.41. The lowest BCUT2D eigenvalue weighted by molar-refractivity contribution is -0.141. The normalized spacial score (nSPS) is 10.5. The van der Waals surface area contributed by atoms with E-state index in [1.807, 2.05) is 6.08 Å². The van der Waals surface area contributed by atoms with E-state index in [4.69, 9.17) is 0 Å². The number of esters is 1. The first kappa shape index (κ1) is 13.9. The van der Waals surface area contributed by atoms with E-state index >= 15 is 0 Å². The molecule has 0 rings (SSSR count). The molecule has 15 heavy (non-hydrogen) atoms. The van der Waals surface area contributed by atoms with Crippen LogP contribution < -0.4 is 0 Å². The largest absolute Gasteiger partial charge is 0.469 e. The Hall–Kier alpha value is -1.12. The van der Waals surface area contributed by atoms with Gasteiger partial charge < -0.3 is 4.74 Å². The fraction of sp³-hybridized carbons (Fsp3) is 0.667. The molecule has 0 fully saturated rings. The fourth-order valence-corrected chi connectivity index (χ4v) is 1.12. The van der Waals surface area contributed by atoms with Crippen molar-refractivity contribution in [3.05, 3.63) is 12.2 Å². The molecule has 0 heterocycles. The highest BCUT2D eigenvalue weighted by Gasteiger charge is 2.05. The van der Waals surface area contributed by atoms with E-state index < -0.39 is 0 Å². The molecule has 0 unspecified atom stereocenters. The molecule has 0 aromatic carbocycles. The number of methoxy groups -OCH3 is 1. The third-order valence-corrected chi connectivity index (χ3v) is 2.05. The van der Waals surface area contributed by atoms with Crippen LogP contribution in [0.15, 0.2) is 12.2 Å². The van der Waals surface area contributed by atoms with Gasteiger partial charge in [-0.15, -0.1) is 0 Å². The van der Waals surface area contributed by atoms with Crippen LogP contribution in [0.4, 0.5) is 0 Å². The van der Waals surface area contributed by atoms with Crippen molar-refractivity contribution in [3.8, 4) is 0 Å². The van der Waals surface area contributed by atoms with Crippen LogP contribution in [0.25, 0.3) is 0 Å². The molecule has 0 saturated carbocycles. The number of rotatable bonds is 8. The van der Waals surface area contributed by atoms with Crippen molar-refractivity contribution in [2.75, 3.05) is 7.11 Å². The summed E-state index contributed by atoms with van der Waals surface area (Å²) in [7, 11) is 1.33. The van der Waals surface area contributed by atoms with Crippen molar-refractivity contribution < 1.29 is 14.3 Å². The molecule has 0 atom stereocenters. The summed E-state index contributed by atoms with van der Waals surface area (Å²) < 4.78 is 4.45. The van der Waals surface area contributed by atoms with Crippen LogP contribution in [0, 0.1) is 0 Å². The minimum Gasteiger partial charge on any atom is -0.469 e. The topological polar surface area (TPSA) is 43.4 Å². The predicted molar refractivity (Wildman–Crippen MR) is 59.5 cm³/mol. The van der Waals surface area contributed by atoms with E-state index in [1.165, 1.54) is 7.11 Å². The molecule has 0 amide bonds. The van der Waals surface area contributed by atoms with Crippen molar-refractivity contribution in [1.82, 2.24) is 0 Å². The lowest BCUT2D eigenvalue weighted by atomic mass is 10.1. The second kappa shape index (κ2) is 9.44. The van der Waals surface area contributed by atoms with Crippen molar-refractivity contribution in [2.45, 2.75) is 45.4 Å². The summed E-state index contributed by atoms with van der Waals surface area (Å²) in [5.41, 5.74) is 0. The monoisotopic (exact) mass is 212 g/mol. The van der Waals surface area contributed by atoms with Gasteiger partial charge in [0.1, 0.15) is 5.78 Å². The predicted octanol–water partition coefficient (Wildman–Crippen LogP) is 2.65. The smallest absolute Gasteiger partial charge is 0.305 e. The summed E-state index contributed by atoms with van der Waals surface area (Å²) in [4.78, 5) is 22.0. The van der Waals surface area contributed by atoms with E-state index in [1.54, 1.807) is 0 Å². The highest BCUT2D eigenvalue weighted by molar-refractivity contribution is 5.82. The average Bonchev–Trinajstić information content (AvgIpc) is 2.25. The van der Waals surface area contributed by atoms with Gasteiger partial charge in [-0.25, -0.2) is 0 Å². The first-order chi connectivity index (χ1) is 7.20. The van der Waals surface area contributed by atoms with Gasteiger partial charge in [-0.1, -0.05) is 25.5 Å². The van der Waals surface area contributed by atoms with Gasteiger partial charge in [0.05, 0.1) is 13.5 Å².